The van der Waals surface area contributed by atoms with E-state index in [1.54, 1.807) is 14.2 Å². The average molecular weight is 594 g/mol. The maximum atomic E-state index is 13.6. The first-order chi connectivity index (χ1) is 21.6. The normalized spacial score (nSPS) is 15.6. The number of H-pyrrole nitrogens is 1. The van der Waals surface area contributed by atoms with Gasteiger partial charge >= 0.3 is 0 Å². The zero-order valence-electron chi connectivity index (χ0n) is 25.2. The summed E-state index contributed by atoms with van der Waals surface area (Å²) in [5.74, 6) is 2.92. The Bertz CT molecular complexity index is 1690. The van der Waals surface area contributed by atoms with Gasteiger partial charge in [-0.05, 0) is 35.7 Å². The number of rotatable bonds is 12. The van der Waals surface area contributed by atoms with E-state index in [9.17, 15) is 4.79 Å². The highest BCUT2D eigenvalue weighted by Gasteiger charge is 2.29. The highest BCUT2D eigenvalue weighted by Crippen LogP contribution is 2.29. The van der Waals surface area contributed by atoms with Crippen molar-refractivity contribution < 1.29 is 14.3 Å². The Morgan fingerprint density at radius 1 is 0.977 bits per heavy atom. The number of benzene rings is 3. The van der Waals surface area contributed by atoms with Crippen LogP contribution in [0.15, 0.2) is 79.0 Å². The molecule has 1 fully saturated rings. The van der Waals surface area contributed by atoms with E-state index in [-0.39, 0.29) is 11.9 Å². The summed E-state index contributed by atoms with van der Waals surface area (Å²) in [5, 5.41) is 20.6. The average Bonchev–Trinajstić information content (AvgIpc) is 3.68. The Balaban J connectivity index is 1.39. The van der Waals surface area contributed by atoms with Crippen molar-refractivity contribution in [1.82, 2.24) is 35.7 Å². The minimum Gasteiger partial charge on any atom is -0.497 e. The molecule has 1 unspecified atom stereocenters. The van der Waals surface area contributed by atoms with Gasteiger partial charge in [-0.15, -0.1) is 10.2 Å². The minimum absolute atomic E-state index is 0.0653. The van der Waals surface area contributed by atoms with E-state index in [1.165, 1.54) is 5.56 Å². The predicted molar refractivity (Wildman–Crippen MR) is 170 cm³/mol. The number of nitrogens with zero attached hydrogens (tertiary/aromatic N) is 3. The van der Waals surface area contributed by atoms with Crippen molar-refractivity contribution >= 4 is 16.8 Å². The molecule has 0 spiro atoms. The quantitative estimate of drug-likeness (QED) is 0.175. The fourth-order valence-corrected chi connectivity index (χ4v) is 5.86. The summed E-state index contributed by atoms with van der Waals surface area (Å²) in [6.07, 6.45) is 4.08. The zero-order valence-corrected chi connectivity index (χ0v) is 25.2. The number of piperazine rings is 1. The Morgan fingerprint density at radius 3 is 2.61 bits per heavy atom. The lowest BCUT2D eigenvalue weighted by Crippen LogP contribution is -2.56. The number of ether oxygens (including phenoxy) is 2. The number of hydrogen-bond acceptors (Lipinski definition) is 7. The fourth-order valence-electron chi connectivity index (χ4n) is 5.86. The first kappa shape index (κ1) is 29.4. The van der Waals surface area contributed by atoms with Crippen LogP contribution in [0, 0.1) is 0 Å². The number of aromatic amines is 1. The van der Waals surface area contributed by atoms with Gasteiger partial charge in [-0.25, -0.2) is 0 Å². The van der Waals surface area contributed by atoms with Crippen LogP contribution in [0.5, 0.6) is 11.5 Å². The first-order valence-electron chi connectivity index (χ1n) is 15.1. The van der Waals surface area contributed by atoms with Crippen LogP contribution in [0.1, 0.15) is 34.4 Å². The van der Waals surface area contributed by atoms with E-state index in [2.05, 4.69) is 61.9 Å². The van der Waals surface area contributed by atoms with Crippen molar-refractivity contribution in [2.75, 3.05) is 33.9 Å². The molecule has 1 aliphatic heterocycles. The van der Waals surface area contributed by atoms with E-state index < -0.39 is 6.04 Å². The Morgan fingerprint density at radius 2 is 1.82 bits per heavy atom. The molecular formula is C34H39N7O3. The van der Waals surface area contributed by atoms with Crippen LogP contribution in [0.3, 0.4) is 0 Å². The maximum Gasteiger partial charge on any atom is 0.239 e. The van der Waals surface area contributed by atoms with Crippen LogP contribution in [0.25, 0.3) is 10.9 Å². The maximum absolute atomic E-state index is 13.6. The molecule has 3 heterocycles. The lowest BCUT2D eigenvalue weighted by Gasteiger charge is -2.27. The molecule has 0 aliphatic carbocycles. The summed E-state index contributed by atoms with van der Waals surface area (Å²) >= 11 is 0. The standard InChI is InChI=1S/C34H39N7O3/c1-43-26-14-13-24(31(19-26)44-2)22-41-32(15-12-23-8-4-3-5-9-23)39-40-33(41)29(38-34(42)30-21-35-16-17-36-30)18-25-20-37-28-11-7-6-10-27(25)28/h3-11,13-14,19-20,29-30,35-37H,12,15-18,21-22H2,1-2H3,(H,38,42)/t29?,30-/m1/s1. The molecule has 1 amide bonds. The molecule has 5 aromatic rings. The Labute approximate surface area is 257 Å². The highest BCUT2D eigenvalue weighted by molar-refractivity contribution is 5.84. The predicted octanol–water partition coefficient (Wildman–Crippen LogP) is 3.57. The van der Waals surface area contributed by atoms with Crippen molar-refractivity contribution in [3.8, 4) is 11.5 Å². The number of para-hydroxylation sites is 1. The minimum atomic E-state index is -0.423. The number of hydrogen-bond donors (Lipinski definition) is 4. The van der Waals surface area contributed by atoms with Gasteiger partial charge in [-0.2, -0.15) is 0 Å². The molecule has 0 saturated carbocycles. The molecule has 3 aromatic carbocycles. The smallest absolute Gasteiger partial charge is 0.239 e. The van der Waals surface area contributed by atoms with Crippen LogP contribution in [0.4, 0.5) is 0 Å². The molecule has 2 aromatic heterocycles. The zero-order chi connectivity index (χ0) is 30.3. The molecule has 228 valence electrons. The summed E-state index contributed by atoms with van der Waals surface area (Å²) in [6, 6.07) is 23.7. The highest BCUT2D eigenvalue weighted by atomic mass is 16.5. The second kappa shape index (κ2) is 13.7. The third kappa shape index (κ3) is 6.61. The van der Waals surface area contributed by atoms with Gasteiger partial charge in [0.25, 0.3) is 0 Å². The summed E-state index contributed by atoms with van der Waals surface area (Å²) < 4.78 is 13.3. The van der Waals surface area contributed by atoms with Gasteiger partial charge in [0.05, 0.1) is 32.8 Å². The fraction of sp³-hybridized carbons (Fsp3) is 0.324. The molecule has 1 aliphatic rings. The number of aromatic nitrogens is 4. The van der Waals surface area contributed by atoms with Crippen molar-refractivity contribution in [3.05, 3.63) is 107 Å². The van der Waals surface area contributed by atoms with Gasteiger partial charge in [-0.1, -0.05) is 48.5 Å². The number of carbonyl (C=O) groups excluding carboxylic acids is 1. The molecule has 6 rings (SSSR count). The SMILES string of the molecule is COc1ccc(Cn2c(CCc3ccccc3)nnc2C(Cc2c[nH]c3ccccc23)NC(=O)[C@H]2CNCCN2)c(OC)c1. The van der Waals surface area contributed by atoms with E-state index in [1.807, 2.05) is 42.6 Å². The summed E-state index contributed by atoms with van der Waals surface area (Å²) in [5.41, 5.74) is 4.34. The molecule has 44 heavy (non-hydrogen) atoms. The Kier molecular flexibility index (Phi) is 9.19. The molecule has 4 N–H and O–H groups in total. The first-order valence-corrected chi connectivity index (χ1v) is 15.1. The molecule has 1 saturated heterocycles. The second-order valence-electron chi connectivity index (χ2n) is 11.1. The summed E-state index contributed by atoms with van der Waals surface area (Å²) in [6.45, 7) is 2.63. The number of nitrogens with one attached hydrogen (secondary N) is 4. The summed E-state index contributed by atoms with van der Waals surface area (Å²) in [4.78, 5) is 17.0. The Hall–Kier alpha value is -4.67. The van der Waals surface area contributed by atoms with Crippen molar-refractivity contribution in [2.24, 2.45) is 0 Å². The molecule has 0 radical (unpaired) electrons. The van der Waals surface area contributed by atoms with Gasteiger partial charge in [0.15, 0.2) is 5.82 Å². The van der Waals surface area contributed by atoms with Crippen molar-refractivity contribution in [2.45, 2.75) is 37.9 Å². The lowest BCUT2D eigenvalue weighted by molar-refractivity contribution is -0.124. The van der Waals surface area contributed by atoms with E-state index in [0.29, 0.717) is 37.5 Å². The largest absolute Gasteiger partial charge is 0.497 e. The number of carbonyl (C=O) groups is 1. The molecule has 2 atom stereocenters. The van der Waals surface area contributed by atoms with Gasteiger partial charge in [0, 0.05) is 61.2 Å². The number of aryl methyl sites for hydroxylation is 2. The van der Waals surface area contributed by atoms with Crippen LogP contribution in [0.2, 0.25) is 0 Å². The third-order valence-corrected chi connectivity index (χ3v) is 8.24. The lowest BCUT2D eigenvalue weighted by atomic mass is 10.0. The molecule has 0 bridgehead atoms. The van der Waals surface area contributed by atoms with Crippen LogP contribution >= 0.6 is 0 Å². The van der Waals surface area contributed by atoms with Gasteiger partial charge in [0.1, 0.15) is 17.3 Å². The third-order valence-electron chi connectivity index (χ3n) is 8.24. The number of fused-ring (bicyclic) bond motifs is 1. The van der Waals surface area contributed by atoms with Crippen molar-refractivity contribution in [1.29, 1.82) is 0 Å². The molecule has 10 nitrogen and oxygen atoms in total. The molecular weight excluding hydrogens is 554 g/mol. The van der Waals surface area contributed by atoms with Gasteiger partial charge in [0.2, 0.25) is 5.91 Å². The van der Waals surface area contributed by atoms with Crippen molar-refractivity contribution in [3.63, 3.8) is 0 Å². The van der Waals surface area contributed by atoms with E-state index in [4.69, 9.17) is 19.7 Å². The van der Waals surface area contributed by atoms with E-state index >= 15 is 0 Å². The van der Waals surface area contributed by atoms with Gasteiger partial charge < -0.3 is 35.0 Å². The number of methoxy groups -OCH3 is 2. The monoisotopic (exact) mass is 593 g/mol. The van der Waals surface area contributed by atoms with Crippen LogP contribution in [-0.4, -0.2) is 65.6 Å². The second-order valence-corrected chi connectivity index (χ2v) is 11.1. The van der Waals surface area contributed by atoms with E-state index in [0.717, 1.165) is 53.1 Å². The van der Waals surface area contributed by atoms with Crippen LogP contribution < -0.4 is 25.4 Å². The van der Waals surface area contributed by atoms with Crippen LogP contribution in [-0.2, 0) is 30.6 Å². The van der Waals surface area contributed by atoms with Gasteiger partial charge in [-0.3, -0.25) is 4.79 Å². The molecule has 10 heteroatoms. The topological polar surface area (TPSA) is 118 Å². The number of amides is 1. The summed E-state index contributed by atoms with van der Waals surface area (Å²) in [7, 11) is 3.30.